The van der Waals surface area contributed by atoms with Crippen molar-refractivity contribution in [3.63, 3.8) is 0 Å². The van der Waals surface area contributed by atoms with Crippen molar-refractivity contribution in [2.24, 2.45) is 0 Å². The summed E-state index contributed by atoms with van der Waals surface area (Å²) in [7, 11) is 3.87. The Morgan fingerprint density at radius 2 is 2.08 bits per heavy atom. The molecule has 0 atom stereocenters. The van der Waals surface area contributed by atoms with Crippen LogP contribution in [0.2, 0.25) is 0 Å². The molecule has 12 heavy (non-hydrogen) atoms. The zero-order chi connectivity index (χ0) is 7.68. The molecule has 0 aromatic carbocycles. The van der Waals surface area contributed by atoms with E-state index in [2.05, 4.69) is 6.26 Å². The number of hydrogen-bond donors (Lipinski definition) is 0. The summed E-state index contributed by atoms with van der Waals surface area (Å²) < 4.78 is 3.07. The SMILES string of the molecule is CSc1[s+]sc2c1SCCS2.[I-]. The van der Waals surface area contributed by atoms with Crippen LogP contribution in [-0.2, 0) is 0 Å². The lowest BCUT2D eigenvalue weighted by atomic mass is 10.8. The van der Waals surface area contributed by atoms with Gasteiger partial charge in [0.2, 0.25) is 0 Å². The van der Waals surface area contributed by atoms with Crippen LogP contribution in [0.25, 0.3) is 0 Å². The number of rotatable bonds is 1. The molecule has 68 valence electrons. The molecule has 0 nitrogen and oxygen atoms in total. The highest BCUT2D eigenvalue weighted by atomic mass is 127. The second-order valence-electron chi connectivity index (χ2n) is 1.97. The van der Waals surface area contributed by atoms with Crippen molar-refractivity contribution in [3.8, 4) is 0 Å². The van der Waals surface area contributed by atoms with E-state index in [1.54, 1.807) is 9.10 Å². The second-order valence-corrected chi connectivity index (χ2v) is 7.67. The highest BCUT2D eigenvalue weighted by molar-refractivity contribution is 8.10. The maximum Gasteiger partial charge on any atom is 0.309 e. The molecule has 0 spiro atoms. The zero-order valence-electron chi connectivity index (χ0n) is 6.33. The lowest BCUT2D eigenvalue weighted by Crippen LogP contribution is -3.00. The van der Waals surface area contributed by atoms with Gasteiger partial charge in [0, 0.05) is 11.5 Å². The van der Waals surface area contributed by atoms with Gasteiger partial charge in [-0.1, -0.05) is 11.8 Å². The molecule has 0 saturated carbocycles. The van der Waals surface area contributed by atoms with Gasteiger partial charge in [-0.05, 0) is 6.26 Å². The van der Waals surface area contributed by atoms with Crippen LogP contribution >= 0.6 is 56.0 Å². The van der Waals surface area contributed by atoms with Crippen molar-refractivity contribution in [1.82, 2.24) is 0 Å². The van der Waals surface area contributed by atoms with E-state index in [0.29, 0.717) is 0 Å². The largest absolute Gasteiger partial charge is 1.00 e. The number of fused-ring (bicyclic) bond motifs is 1. The summed E-state index contributed by atoms with van der Waals surface area (Å²) in [4.78, 5) is 1.56. The summed E-state index contributed by atoms with van der Waals surface area (Å²) in [5.74, 6) is 2.58. The molecule has 0 bridgehead atoms. The summed E-state index contributed by atoms with van der Waals surface area (Å²) >= 11 is 5.93. The number of thioether (sulfide) groups is 3. The standard InChI is InChI=1S/C6H7S5.HI/c1-7-5-4-6(11-10-5)9-3-2-8-4;/h2-3H2,1H3;1H/q+1;/p-1. The van der Waals surface area contributed by atoms with Crippen LogP contribution < -0.4 is 24.0 Å². The summed E-state index contributed by atoms with van der Waals surface area (Å²) in [5.41, 5.74) is 0. The third kappa shape index (κ3) is 2.44. The highest BCUT2D eigenvalue weighted by Crippen LogP contribution is 2.49. The minimum absolute atomic E-state index is 0. The van der Waals surface area contributed by atoms with Gasteiger partial charge in [0.25, 0.3) is 4.21 Å². The molecular formula is C6H7IS5. The van der Waals surface area contributed by atoms with Crippen molar-refractivity contribution in [2.75, 3.05) is 17.8 Å². The molecule has 0 amide bonds. The van der Waals surface area contributed by atoms with Gasteiger partial charge in [0.05, 0.1) is 0 Å². The Labute approximate surface area is 110 Å². The first-order valence-corrected chi connectivity index (χ1v) is 8.52. The molecule has 0 N–H and O–H groups in total. The van der Waals surface area contributed by atoms with E-state index in [-0.39, 0.29) is 24.0 Å². The van der Waals surface area contributed by atoms with E-state index in [0.717, 1.165) is 0 Å². The predicted molar refractivity (Wildman–Crippen MR) is 59.8 cm³/mol. The van der Waals surface area contributed by atoms with E-state index in [9.17, 15) is 0 Å². The van der Waals surface area contributed by atoms with Crippen molar-refractivity contribution >= 4 is 56.0 Å². The van der Waals surface area contributed by atoms with Gasteiger partial charge in [0.15, 0.2) is 10.3 Å². The number of halogens is 1. The fourth-order valence-corrected chi connectivity index (χ4v) is 8.45. The van der Waals surface area contributed by atoms with Crippen LogP contribution in [0.1, 0.15) is 0 Å². The van der Waals surface area contributed by atoms with Crippen molar-refractivity contribution < 1.29 is 24.0 Å². The molecule has 2 rings (SSSR count). The molecule has 1 aromatic rings. The van der Waals surface area contributed by atoms with Crippen LogP contribution in [0.5, 0.6) is 0 Å². The first-order chi connectivity index (χ1) is 5.42. The van der Waals surface area contributed by atoms with Crippen molar-refractivity contribution in [2.45, 2.75) is 13.3 Å². The fraction of sp³-hybridized carbons (Fsp3) is 0.500. The molecule has 1 aliphatic rings. The van der Waals surface area contributed by atoms with Gasteiger partial charge in [-0.3, -0.25) is 0 Å². The summed E-state index contributed by atoms with van der Waals surface area (Å²) in [6.45, 7) is 0. The lowest BCUT2D eigenvalue weighted by molar-refractivity contribution is -0.00000195. The Morgan fingerprint density at radius 3 is 2.83 bits per heavy atom. The summed E-state index contributed by atoms with van der Waals surface area (Å²) in [6.07, 6.45) is 2.17. The normalized spacial score (nSPS) is 15.1. The van der Waals surface area contributed by atoms with E-state index < -0.39 is 0 Å². The Morgan fingerprint density at radius 1 is 1.33 bits per heavy atom. The molecule has 2 heterocycles. The van der Waals surface area contributed by atoms with Gasteiger partial charge >= 0.3 is 10.3 Å². The minimum atomic E-state index is 0. The van der Waals surface area contributed by atoms with E-state index in [4.69, 9.17) is 0 Å². The third-order valence-corrected chi connectivity index (χ3v) is 8.67. The summed E-state index contributed by atoms with van der Waals surface area (Å²) in [6, 6.07) is 0. The fourth-order valence-electron chi connectivity index (χ4n) is 0.847. The van der Waals surface area contributed by atoms with Crippen LogP contribution in [0.15, 0.2) is 13.3 Å². The monoisotopic (exact) mass is 366 g/mol. The van der Waals surface area contributed by atoms with Gasteiger partial charge < -0.3 is 24.0 Å². The Hall–Kier alpha value is 1.83. The van der Waals surface area contributed by atoms with Gasteiger partial charge in [-0.2, -0.15) is 0 Å². The molecule has 0 saturated heterocycles. The molecule has 0 aliphatic carbocycles. The molecule has 0 unspecified atom stereocenters. The molecule has 1 aromatic heterocycles. The minimum Gasteiger partial charge on any atom is -1.00 e. The Bertz CT molecular complexity index is 245. The quantitative estimate of drug-likeness (QED) is 0.315. The van der Waals surface area contributed by atoms with E-state index >= 15 is 0 Å². The van der Waals surface area contributed by atoms with E-state index in [1.807, 2.05) is 56.0 Å². The third-order valence-electron chi connectivity index (χ3n) is 1.31. The van der Waals surface area contributed by atoms with Crippen molar-refractivity contribution in [3.05, 3.63) is 0 Å². The van der Waals surface area contributed by atoms with Gasteiger partial charge in [-0.15, -0.1) is 23.5 Å². The first-order valence-electron chi connectivity index (χ1n) is 3.17. The van der Waals surface area contributed by atoms with Gasteiger partial charge in [0.1, 0.15) is 9.10 Å². The maximum absolute atomic E-state index is 2.17. The molecule has 0 radical (unpaired) electrons. The van der Waals surface area contributed by atoms with Gasteiger partial charge in [-0.25, -0.2) is 0 Å². The average molecular weight is 366 g/mol. The molecule has 6 heteroatoms. The highest BCUT2D eigenvalue weighted by Gasteiger charge is 2.26. The lowest BCUT2D eigenvalue weighted by Gasteiger charge is -2.05. The van der Waals surface area contributed by atoms with Crippen LogP contribution in [0, 0.1) is 0 Å². The van der Waals surface area contributed by atoms with E-state index in [1.165, 1.54) is 15.7 Å². The maximum atomic E-state index is 2.17. The Kier molecular flexibility index (Phi) is 5.60. The molecular weight excluding hydrogens is 359 g/mol. The summed E-state index contributed by atoms with van der Waals surface area (Å²) in [5, 5.41) is 0. The van der Waals surface area contributed by atoms with Crippen LogP contribution in [0.3, 0.4) is 0 Å². The van der Waals surface area contributed by atoms with Crippen molar-refractivity contribution in [1.29, 1.82) is 0 Å². The smallest absolute Gasteiger partial charge is 0.309 e. The zero-order valence-corrected chi connectivity index (χ0v) is 12.6. The molecule has 0 fully saturated rings. The second kappa shape index (κ2) is 5.65. The van der Waals surface area contributed by atoms with Crippen LogP contribution in [-0.4, -0.2) is 17.8 Å². The first kappa shape index (κ1) is 11.9. The Balaban J connectivity index is 0.000000720. The topological polar surface area (TPSA) is 0 Å². The average Bonchev–Trinajstić information content (AvgIpc) is 2.47. The molecule has 1 aliphatic heterocycles. The number of hydrogen-bond acceptors (Lipinski definition) is 4. The van der Waals surface area contributed by atoms with Crippen LogP contribution in [0.4, 0.5) is 0 Å². The predicted octanol–water partition coefficient (Wildman–Crippen LogP) is 1.01.